The SMILES string of the molecule is COc1ccc(C(=O)N2C[C@@H](CS(=O)(=O)N(C)C)[C@@H](O)C2)cc1C. The maximum absolute atomic E-state index is 12.6. The van der Waals surface area contributed by atoms with Gasteiger partial charge in [-0.3, -0.25) is 4.79 Å². The summed E-state index contributed by atoms with van der Waals surface area (Å²) in [5, 5.41) is 10.1. The van der Waals surface area contributed by atoms with Gasteiger partial charge >= 0.3 is 0 Å². The molecule has 0 radical (unpaired) electrons. The molecule has 0 aliphatic carbocycles. The molecule has 0 saturated carbocycles. The van der Waals surface area contributed by atoms with Crippen LogP contribution in [0.25, 0.3) is 0 Å². The van der Waals surface area contributed by atoms with E-state index in [0.29, 0.717) is 11.3 Å². The zero-order chi connectivity index (χ0) is 18.1. The number of ether oxygens (including phenoxy) is 1. The molecule has 0 spiro atoms. The van der Waals surface area contributed by atoms with Gasteiger partial charge in [-0.15, -0.1) is 0 Å². The van der Waals surface area contributed by atoms with Crippen LogP contribution in [0.3, 0.4) is 0 Å². The number of benzene rings is 1. The number of rotatable bonds is 5. The lowest BCUT2D eigenvalue weighted by atomic mass is 10.1. The summed E-state index contributed by atoms with van der Waals surface area (Å²) >= 11 is 0. The molecule has 2 atom stereocenters. The van der Waals surface area contributed by atoms with Crippen LogP contribution in [0.1, 0.15) is 15.9 Å². The van der Waals surface area contributed by atoms with E-state index in [-0.39, 0.29) is 24.7 Å². The van der Waals surface area contributed by atoms with Gasteiger partial charge in [0.1, 0.15) is 5.75 Å². The summed E-state index contributed by atoms with van der Waals surface area (Å²) in [6.45, 7) is 2.20. The molecule has 7 nitrogen and oxygen atoms in total. The van der Waals surface area contributed by atoms with Gasteiger partial charge in [0.15, 0.2) is 0 Å². The molecule has 24 heavy (non-hydrogen) atoms. The van der Waals surface area contributed by atoms with Gasteiger partial charge in [-0.25, -0.2) is 12.7 Å². The molecule has 1 heterocycles. The molecule has 1 aliphatic heterocycles. The zero-order valence-electron chi connectivity index (χ0n) is 14.4. The molecule has 8 heteroatoms. The van der Waals surface area contributed by atoms with E-state index in [1.807, 2.05) is 6.92 Å². The number of methoxy groups -OCH3 is 1. The summed E-state index contributed by atoms with van der Waals surface area (Å²) in [7, 11) is 1.06. The number of amides is 1. The lowest BCUT2D eigenvalue weighted by Crippen LogP contribution is -2.33. The first-order valence-corrected chi connectivity index (χ1v) is 9.29. The van der Waals surface area contributed by atoms with Gasteiger partial charge in [0.25, 0.3) is 5.91 Å². The van der Waals surface area contributed by atoms with Gasteiger partial charge in [0, 0.05) is 38.7 Å². The fraction of sp³-hybridized carbons (Fsp3) is 0.562. The molecule has 1 saturated heterocycles. The molecule has 1 aliphatic rings. The van der Waals surface area contributed by atoms with E-state index in [4.69, 9.17) is 4.74 Å². The molecule has 134 valence electrons. The first kappa shape index (κ1) is 18.7. The Hall–Kier alpha value is -1.64. The number of hydrogen-bond donors (Lipinski definition) is 1. The lowest BCUT2D eigenvalue weighted by Gasteiger charge is -2.18. The highest BCUT2D eigenvalue weighted by atomic mass is 32.2. The molecular formula is C16H24N2O5S. The maximum Gasteiger partial charge on any atom is 0.253 e. The van der Waals surface area contributed by atoms with Crippen LogP contribution in [0.15, 0.2) is 18.2 Å². The Morgan fingerprint density at radius 3 is 2.58 bits per heavy atom. The number of aliphatic hydroxyl groups is 1. The predicted octanol–water partition coefficient (Wildman–Crippen LogP) is 0.328. The van der Waals surface area contributed by atoms with E-state index in [1.165, 1.54) is 19.0 Å². The zero-order valence-corrected chi connectivity index (χ0v) is 15.2. The number of hydrogen-bond acceptors (Lipinski definition) is 5. The van der Waals surface area contributed by atoms with E-state index in [1.54, 1.807) is 25.3 Å². The summed E-state index contributed by atoms with van der Waals surface area (Å²) in [5.41, 5.74) is 1.34. The summed E-state index contributed by atoms with van der Waals surface area (Å²) < 4.78 is 30.3. The van der Waals surface area contributed by atoms with Gasteiger partial charge in [0.05, 0.1) is 19.0 Å². The van der Waals surface area contributed by atoms with Crippen molar-refractivity contribution in [2.24, 2.45) is 5.92 Å². The molecule has 1 aromatic rings. The minimum absolute atomic E-state index is 0.136. The fourth-order valence-corrected chi connectivity index (χ4v) is 3.96. The van der Waals surface area contributed by atoms with Crippen molar-refractivity contribution in [3.63, 3.8) is 0 Å². The minimum atomic E-state index is -3.43. The average Bonchev–Trinajstić information content (AvgIpc) is 2.86. The molecule has 1 amide bonds. The Bertz CT molecular complexity index is 717. The number of β-amino-alcohol motifs (C(OH)–C–C–N with tert-alkyl or cyclic N) is 1. The number of nitrogens with zero attached hydrogens (tertiary/aromatic N) is 2. The number of aryl methyl sites for hydroxylation is 1. The second-order valence-corrected chi connectivity index (χ2v) is 8.51. The molecule has 0 aromatic heterocycles. The van der Waals surface area contributed by atoms with Gasteiger partial charge < -0.3 is 14.7 Å². The van der Waals surface area contributed by atoms with E-state index >= 15 is 0 Å². The van der Waals surface area contributed by atoms with Crippen molar-refractivity contribution in [2.45, 2.75) is 13.0 Å². The Kier molecular flexibility index (Phi) is 5.52. The number of carbonyl (C=O) groups is 1. The summed E-state index contributed by atoms with van der Waals surface area (Å²) in [6.07, 6.45) is -0.844. The standard InChI is InChI=1S/C16H24N2O5S/c1-11-7-12(5-6-15(11)23-4)16(20)18-8-13(14(19)9-18)10-24(21,22)17(2)3/h5-7,13-14,19H,8-10H2,1-4H3/t13-,14-/m0/s1. The topological polar surface area (TPSA) is 87.2 Å². The van der Waals surface area contributed by atoms with Gasteiger partial charge in [-0.2, -0.15) is 0 Å². The van der Waals surface area contributed by atoms with Crippen LogP contribution in [0.2, 0.25) is 0 Å². The van der Waals surface area contributed by atoms with Gasteiger partial charge in [-0.05, 0) is 30.7 Å². The van der Waals surface area contributed by atoms with Crippen LogP contribution in [0.5, 0.6) is 5.75 Å². The molecule has 1 aromatic carbocycles. The number of likely N-dealkylation sites (tertiary alicyclic amines) is 1. The normalized spacial score (nSPS) is 21.3. The van der Waals surface area contributed by atoms with Crippen LogP contribution >= 0.6 is 0 Å². The Morgan fingerprint density at radius 1 is 1.38 bits per heavy atom. The first-order valence-electron chi connectivity index (χ1n) is 7.68. The van der Waals surface area contributed by atoms with Crippen molar-refractivity contribution in [2.75, 3.05) is 40.0 Å². The Balaban J connectivity index is 2.11. The van der Waals surface area contributed by atoms with E-state index in [2.05, 4.69) is 0 Å². The summed E-state index contributed by atoms with van der Waals surface area (Å²) in [4.78, 5) is 14.1. The molecule has 1 fully saturated rings. The van der Waals surface area contributed by atoms with Crippen LogP contribution in [0, 0.1) is 12.8 Å². The number of sulfonamides is 1. The molecule has 2 rings (SSSR count). The van der Waals surface area contributed by atoms with Gasteiger partial charge in [-0.1, -0.05) is 0 Å². The summed E-state index contributed by atoms with van der Waals surface area (Å²) in [6, 6.07) is 5.13. The third kappa shape index (κ3) is 3.88. The number of aliphatic hydroxyl groups excluding tert-OH is 1. The molecule has 0 bridgehead atoms. The smallest absolute Gasteiger partial charge is 0.253 e. The lowest BCUT2D eigenvalue weighted by molar-refractivity contribution is 0.0764. The second kappa shape index (κ2) is 7.08. The second-order valence-electron chi connectivity index (χ2n) is 6.28. The van der Waals surface area contributed by atoms with Crippen molar-refractivity contribution < 1.29 is 23.1 Å². The van der Waals surface area contributed by atoms with Crippen LogP contribution < -0.4 is 4.74 Å². The average molecular weight is 356 g/mol. The van der Waals surface area contributed by atoms with Crippen molar-refractivity contribution >= 4 is 15.9 Å². The Labute approximate surface area is 142 Å². The predicted molar refractivity (Wildman–Crippen MR) is 90.6 cm³/mol. The highest BCUT2D eigenvalue weighted by Gasteiger charge is 2.37. The highest BCUT2D eigenvalue weighted by molar-refractivity contribution is 7.89. The quantitative estimate of drug-likeness (QED) is 0.821. The van der Waals surface area contributed by atoms with E-state index in [0.717, 1.165) is 9.87 Å². The fourth-order valence-electron chi connectivity index (χ4n) is 2.80. The number of carbonyl (C=O) groups excluding carboxylic acids is 1. The Morgan fingerprint density at radius 2 is 2.04 bits per heavy atom. The third-order valence-corrected chi connectivity index (χ3v) is 6.28. The van der Waals surface area contributed by atoms with Crippen LogP contribution in [-0.4, -0.2) is 74.8 Å². The van der Waals surface area contributed by atoms with E-state index < -0.39 is 22.0 Å². The van der Waals surface area contributed by atoms with Crippen LogP contribution in [0.4, 0.5) is 0 Å². The van der Waals surface area contributed by atoms with E-state index in [9.17, 15) is 18.3 Å². The van der Waals surface area contributed by atoms with Gasteiger partial charge in [0.2, 0.25) is 10.0 Å². The largest absolute Gasteiger partial charge is 0.496 e. The van der Waals surface area contributed by atoms with Crippen molar-refractivity contribution in [1.29, 1.82) is 0 Å². The van der Waals surface area contributed by atoms with Crippen molar-refractivity contribution in [3.05, 3.63) is 29.3 Å². The maximum atomic E-state index is 12.6. The molecule has 0 unspecified atom stereocenters. The summed E-state index contributed by atoms with van der Waals surface area (Å²) in [5.74, 6) is -0.180. The highest BCUT2D eigenvalue weighted by Crippen LogP contribution is 2.24. The first-order chi connectivity index (χ1) is 11.2. The molecule has 1 N–H and O–H groups in total. The monoisotopic (exact) mass is 356 g/mol. The molecular weight excluding hydrogens is 332 g/mol. The van der Waals surface area contributed by atoms with Crippen LogP contribution in [-0.2, 0) is 10.0 Å². The van der Waals surface area contributed by atoms with Crippen molar-refractivity contribution in [3.8, 4) is 5.75 Å². The minimum Gasteiger partial charge on any atom is -0.496 e. The third-order valence-electron chi connectivity index (χ3n) is 4.32. The van der Waals surface area contributed by atoms with Crippen molar-refractivity contribution in [1.82, 2.24) is 9.21 Å².